The van der Waals surface area contributed by atoms with E-state index in [4.69, 9.17) is 16.3 Å². The molecule has 118 valence electrons. The number of nitrogens with one attached hydrogen (secondary N) is 1. The first-order valence-corrected chi connectivity index (χ1v) is 8.77. The second kappa shape index (κ2) is 6.52. The van der Waals surface area contributed by atoms with E-state index >= 15 is 0 Å². The van der Waals surface area contributed by atoms with Crippen molar-refractivity contribution in [1.29, 1.82) is 0 Å². The number of benzene rings is 1. The van der Waals surface area contributed by atoms with Gasteiger partial charge in [-0.05, 0) is 25.0 Å². The molecule has 5 nitrogen and oxygen atoms in total. The second-order valence-electron chi connectivity index (χ2n) is 5.40. The molecule has 7 heteroatoms. The van der Waals surface area contributed by atoms with Gasteiger partial charge in [0.2, 0.25) is 10.0 Å². The summed E-state index contributed by atoms with van der Waals surface area (Å²) in [6.45, 7) is -0.206. The minimum atomic E-state index is -3.78. The van der Waals surface area contributed by atoms with Crippen LogP contribution in [0.3, 0.4) is 0 Å². The quantitative estimate of drug-likeness (QED) is 0.867. The molecule has 0 spiro atoms. The van der Waals surface area contributed by atoms with Crippen molar-refractivity contribution in [3.8, 4) is 5.75 Å². The highest BCUT2D eigenvalue weighted by Crippen LogP contribution is 2.32. The Kier molecular flexibility index (Phi) is 5.14. The van der Waals surface area contributed by atoms with Crippen molar-refractivity contribution in [2.45, 2.75) is 42.5 Å². The van der Waals surface area contributed by atoms with E-state index in [2.05, 4.69) is 4.72 Å². The van der Waals surface area contributed by atoms with Gasteiger partial charge in [0.05, 0.1) is 19.3 Å². The number of rotatable bonds is 5. The lowest BCUT2D eigenvalue weighted by Crippen LogP contribution is -2.52. The molecule has 0 heterocycles. The molecule has 0 amide bonds. The SMILES string of the molecule is COc1cc(Cl)ccc1S(=O)(=O)NC1(CO)CCCCC1. The fourth-order valence-electron chi connectivity index (χ4n) is 2.72. The summed E-state index contributed by atoms with van der Waals surface area (Å²) in [5, 5.41) is 10.0. The third-order valence-corrected chi connectivity index (χ3v) is 5.73. The van der Waals surface area contributed by atoms with Crippen LogP contribution in [0.1, 0.15) is 32.1 Å². The molecule has 1 fully saturated rings. The van der Waals surface area contributed by atoms with Crippen LogP contribution in [-0.4, -0.2) is 32.8 Å². The summed E-state index contributed by atoms with van der Waals surface area (Å²) in [7, 11) is -2.39. The van der Waals surface area contributed by atoms with Crippen molar-refractivity contribution in [3.63, 3.8) is 0 Å². The summed E-state index contributed by atoms with van der Waals surface area (Å²) < 4.78 is 33.0. The summed E-state index contributed by atoms with van der Waals surface area (Å²) in [6.07, 6.45) is 4.15. The monoisotopic (exact) mass is 333 g/mol. The molecule has 1 aromatic rings. The first kappa shape index (κ1) is 16.5. The summed E-state index contributed by atoms with van der Waals surface area (Å²) in [6, 6.07) is 4.38. The number of aliphatic hydroxyl groups excluding tert-OH is 1. The van der Waals surface area contributed by atoms with Crippen LogP contribution in [-0.2, 0) is 10.0 Å². The Bertz CT molecular complexity index is 597. The lowest BCUT2D eigenvalue weighted by molar-refractivity contribution is 0.142. The van der Waals surface area contributed by atoms with Gasteiger partial charge in [-0.15, -0.1) is 0 Å². The lowest BCUT2D eigenvalue weighted by Gasteiger charge is -2.36. The highest BCUT2D eigenvalue weighted by molar-refractivity contribution is 7.89. The molecule has 2 N–H and O–H groups in total. The van der Waals surface area contributed by atoms with Crippen LogP contribution in [0.2, 0.25) is 5.02 Å². The normalized spacial score (nSPS) is 18.4. The summed E-state index contributed by atoms with van der Waals surface area (Å²) in [5.74, 6) is 0.193. The number of aliphatic hydroxyl groups is 1. The van der Waals surface area contributed by atoms with Gasteiger partial charge in [0.1, 0.15) is 10.6 Å². The third-order valence-electron chi connectivity index (χ3n) is 3.88. The fourth-order valence-corrected chi connectivity index (χ4v) is 4.49. The van der Waals surface area contributed by atoms with E-state index in [1.165, 1.54) is 25.3 Å². The predicted octanol–water partition coefficient (Wildman–Crippen LogP) is 2.32. The average Bonchev–Trinajstić information content (AvgIpc) is 2.47. The van der Waals surface area contributed by atoms with E-state index < -0.39 is 15.6 Å². The highest BCUT2D eigenvalue weighted by Gasteiger charge is 2.36. The summed E-state index contributed by atoms with van der Waals surface area (Å²) in [4.78, 5) is 0.0350. The second-order valence-corrected chi connectivity index (χ2v) is 7.49. The standard InChI is InChI=1S/C14H20ClNO4S/c1-20-12-9-11(15)5-6-13(12)21(18,19)16-14(10-17)7-3-2-4-8-14/h5-6,9,16-17H,2-4,7-8,10H2,1H3. The van der Waals surface area contributed by atoms with Crippen LogP contribution in [0.5, 0.6) is 5.75 Å². The zero-order chi connectivity index (χ0) is 15.5. The molecule has 0 aromatic heterocycles. The number of ether oxygens (including phenoxy) is 1. The summed E-state index contributed by atoms with van der Waals surface area (Å²) in [5.41, 5.74) is -0.776. The smallest absolute Gasteiger partial charge is 0.244 e. The van der Waals surface area contributed by atoms with E-state index in [0.29, 0.717) is 17.9 Å². The van der Waals surface area contributed by atoms with Crippen LogP contribution in [0.25, 0.3) is 0 Å². The van der Waals surface area contributed by atoms with Gasteiger partial charge in [0.15, 0.2) is 0 Å². The first-order chi connectivity index (χ1) is 9.92. The molecule has 0 radical (unpaired) electrons. The molecule has 1 aromatic carbocycles. The van der Waals surface area contributed by atoms with Gasteiger partial charge in [0, 0.05) is 11.1 Å². The van der Waals surface area contributed by atoms with E-state index in [9.17, 15) is 13.5 Å². The van der Waals surface area contributed by atoms with Crippen LogP contribution >= 0.6 is 11.6 Å². The largest absolute Gasteiger partial charge is 0.495 e. The topological polar surface area (TPSA) is 75.6 Å². The molecule has 0 saturated heterocycles. The van der Waals surface area contributed by atoms with Gasteiger partial charge < -0.3 is 9.84 Å². The minimum Gasteiger partial charge on any atom is -0.495 e. The number of methoxy groups -OCH3 is 1. The maximum Gasteiger partial charge on any atom is 0.244 e. The fraction of sp³-hybridized carbons (Fsp3) is 0.571. The van der Waals surface area contributed by atoms with Crippen LogP contribution in [0, 0.1) is 0 Å². The molecule has 1 aliphatic rings. The van der Waals surface area contributed by atoms with Crippen molar-refractivity contribution in [2.24, 2.45) is 0 Å². The van der Waals surface area contributed by atoms with Gasteiger partial charge in [-0.2, -0.15) is 0 Å². The molecule has 0 atom stereocenters. The van der Waals surface area contributed by atoms with E-state index in [1.54, 1.807) is 0 Å². The van der Waals surface area contributed by atoms with Gasteiger partial charge >= 0.3 is 0 Å². The van der Waals surface area contributed by atoms with Gasteiger partial charge in [-0.1, -0.05) is 30.9 Å². The Labute approximate surface area is 130 Å². The van der Waals surface area contributed by atoms with Crippen molar-refractivity contribution >= 4 is 21.6 Å². The Hall–Kier alpha value is -0.820. The molecule has 2 rings (SSSR count). The van der Waals surface area contributed by atoms with Gasteiger partial charge in [-0.3, -0.25) is 0 Å². The van der Waals surface area contributed by atoms with E-state index in [-0.39, 0.29) is 17.3 Å². The average molecular weight is 334 g/mol. The van der Waals surface area contributed by atoms with Crippen molar-refractivity contribution < 1.29 is 18.3 Å². The Balaban J connectivity index is 2.33. The van der Waals surface area contributed by atoms with Gasteiger partial charge in [-0.25, -0.2) is 13.1 Å². The van der Waals surface area contributed by atoms with Crippen molar-refractivity contribution in [1.82, 2.24) is 4.72 Å². The molecule has 0 aliphatic heterocycles. The molecule has 0 unspecified atom stereocenters. The molecular weight excluding hydrogens is 314 g/mol. The van der Waals surface area contributed by atoms with E-state index in [0.717, 1.165) is 19.3 Å². The molecular formula is C14H20ClNO4S. The predicted molar refractivity (Wildman–Crippen MR) is 81.2 cm³/mol. The summed E-state index contributed by atoms with van der Waals surface area (Å²) >= 11 is 5.86. The maximum absolute atomic E-state index is 12.6. The van der Waals surface area contributed by atoms with Crippen molar-refractivity contribution in [2.75, 3.05) is 13.7 Å². The number of hydrogen-bond acceptors (Lipinski definition) is 4. The van der Waals surface area contributed by atoms with Gasteiger partial charge in [0.25, 0.3) is 0 Å². The Morgan fingerprint density at radius 3 is 2.57 bits per heavy atom. The first-order valence-electron chi connectivity index (χ1n) is 6.91. The lowest BCUT2D eigenvalue weighted by atomic mass is 9.83. The molecule has 1 saturated carbocycles. The van der Waals surface area contributed by atoms with Crippen molar-refractivity contribution in [3.05, 3.63) is 23.2 Å². The number of halogens is 1. The zero-order valence-corrected chi connectivity index (χ0v) is 13.5. The maximum atomic E-state index is 12.6. The van der Waals surface area contributed by atoms with E-state index in [1.807, 2.05) is 0 Å². The molecule has 21 heavy (non-hydrogen) atoms. The third kappa shape index (κ3) is 3.69. The van der Waals surface area contributed by atoms with Crippen LogP contribution in [0.15, 0.2) is 23.1 Å². The molecule has 1 aliphatic carbocycles. The zero-order valence-electron chi connectivity index (χ0n) is 11.9. The Morgan fingerprint density at radius 2 is 2.00 bits per heavy atom. The minimum absolute atomic E-state index is 0.0350. The van der Waals surface area contributed by atoms with Crippen LogP contribution in [0.4, 0.5) is 0 Å². The number of sulfonamides is 1. The van der Waals surface area contributed by atoms with Crippen LogP contribution < -0.4 is 9.46 Å². The molecule has 0 bridgehead atoms. The highest BCUT2D eigenvalue weighted by atomic mass is 35.5. The number of hydrogen-bond donors (Lipinski definition) is 2. The Morgan fingerprint density at radius 1 is 1.33 bits per heavy atom.